The summed E-state index contributed by atoms with van der Waals surface area (Å²) in [5.74, 6) is 0.933. The second-order valence-electron chi connectivity index (χ2n) is 13.4. The summed E-state index contributed by atoms with van der Waals surface area (Å²) in [5.41, 5.74) is 12.8. The zero-order valence-electron chi connectivity index (χ0n) is 31.0. The summed E-state index contributed by atoms with van der Waals surface area (Å²) in [6.45, 7) is 7.97. The van der Waals surface area contributed by atoms with E-state index in [1.165, 1.54) is 11.1 Å². The van der Waals surface area contributed by atoms with E-state index in [9.17, 15) is 10.2 Å². The summed E-state index contributed by atoms with van der Waals surface area (Å²) in [7, 11) is 0. The molecule has 276 valence electrons. The third-order valence-corrected chi connectivity index (χ3v) is 9.19. The van der Waals surface area contributed by atoms with E-state index in [0.29, 0.717) is 17.8 Å². The van der Waals surface area contributed by atoms with Crippen molar-refractivity contribution in [1.82, 2.24) is 0 Å². The summed E-state index contributed by atoms with van der Waals surface area (Å²) in [6.07, 6.45) is -0.303. The summed E-state index contributed by atoms with van der Waals surface area (Å²) in [4.78, 5) is 4.41. The summed E-state index contributed by atoms with van der Waals surface area (Å²) < 4.78 is 11.3. The minimum atomic E-state index is -0.931. The molecule has 0 amide bonds. The van der Waals surface area contributed by atoms with E-state index >= 15 is 0 Å². The number of aryl methyl sites for hydroxylation is 4. The fraction of sp³-hybridized carbons (Fsp3) is 0.174. The standard InChI is InChI=1S/C46H46N2O6/c1-31-5-9-35(10-6-31)47(37-13-19-43(20-14-37)53-29-41(51)27-49)39-17-23-45(33(3)25-39)46-24-18-40(26-34(46)4)48(36-11-7-32(2)8-12-36)38-15-21-44(22-16-38)54-30-42(52)28-50/h5-27,42,49-52H,28-30H2,1-4H3/b41-27+. The van der Waals surface area contributed by atoms with Gasteiger partial charge in [0.2, 0.25) is 0 Å². The number of benzene rings is 6. The lowest BCUT2D eigenvalue weighted by atomic mass is 9.95. The van der Waals surface area contributed by atoms with Gasteiger partial charge in [-0.2, -0.15) is 0 Å². The Bertz CT molecular complexity index is 2180. The van der Waals surface area contributed by atoms with Crippen LogP contribution in [0.3, 0.4) is 0 Å². The Kier molecular flexibility index (Phi) is 11.9. The van der Waals surface area contributed by atoms with Gasteiger partial charge in [-0.1, -0.05) is 47.5 Å². The molecule has 0 saturated carbocycles. The number of aliphatic hydroxyl groups is 4. The molecule has 0 aliphatic rings. The third kappa shape index (κ3) is 8.86. The lowest BCUT2D eigenvalue weighted by Crippen LogP contribution is -2.21. The van der Waals surface area contributed by atoms with E-state index in [1.54, 1.807) is 0 Å². The third-order valence-electron chi connectivity index (χ3n) is 9.19. The number of nitrogens with zero attached hydrogens (tertiary/aromatic N) is 2. The van der Waals surface area contributed by atoms with Crippen LogP contribution in [0.4, 0.5) is 34.1 Å². The van der Waals surface area contributed by atoms with Crippen LogP contribution in [-0.2, 0) is 0 Å². The van der Waals surface area contributed by atoms with Crippen LogP contribution in [0.1, 0.15) is 22.3 Å². The van der Waals surface area contributed by atoms with Gasteiger partial charge < -0.3 is 39.7 Å². The Hall–Kier alpha value is -6.22. The van der Waals surface area contributed by atoms with Crippen LogP contribution in [0.25, 0.3) is 11.1 Å². The summed E-state index contributed by atoms with van der Waals surface area (Å²) in [5, 5.41) is 37.4. The molecule has 6 aromatic rings. The lowest BCUT2D eigenvalue weighted by Gasteiger charge is -2.27. The Morgan fingerprint density at radius 1 is 0.556 bits per heavy atom. The summed E-state index contributed by atoms with van der Waals surface area (Å²) >= 11 is 0. The molecule has 6 rings (SSSR count). The first-order valence-electron chi connectivity index (χ1n) is 17.9. The van der Waals surface area contributed by atoms with E-state index in [1.807, 2.05) is 48.5 Å². The van der Waals surface area contributed by atoms with Crippen LogP contribution in [0.5, 0.6) is 11.5 Å². The first-order valence-corrected chi connectivity index (χ1v) is 17.9. The monoisotopic (exact) mass is 722 g/mol. The van der Waals surface area contributed by atoms with Crippen molar-refractivity contribution in [3.63, 3.8) is 0 Å². The molecular formula is C46H46N2O6. The van der Waals surface area contributed by atoms with Crippen LogP contribution < -0.4 is 19.3 Å². The maximum absolute atomic E-state index is 9.71. The highest BCUT2D eigenvalue weighted by Gasteiger charge is 2.18. The first kappa shape index (κ1) is 37.5. The Labute approximate surface area is 317 Å². The molecule has 0 fully saturated rings. The zero-order valence-corrected chi connectivity index (χ0v) is 31.0. The van der Waals surface area contributed by atoms with Gasteiger partial charge in [-0.15, -0.1) is 0 Å². The fourth-order valence-corrected chi connectivity index (χ4v) is 6.28. The number of hydrogen-bond acceptors (Lipinski definition) is 8. The van der Waals surface area contributed by atoms with Crippen molar-refractivity contribution in [1.29, 1.82) is 0 Å². The highest BCUT2D eigenvalue weighted by Crippen LogP contribution is 2.41. The average molecular weight is 723 g/mol. The topological polar surface area (TPSA) is 106 Å². The minimum Gasteiger partial charge on any atom is -0.512 e. The normalized spacial score (nSPS) is 11.9. The van der Waals surface area contributed by atoms with Gasteiger partial charge in [-0.25, -0.2) is 0 Å². The molecule has 0 saturated heterocycles. The van der Waals surface area contributed by atoms with Gasteiger partial charge in [0.1, 0.15) is 37.1 Å². The van der Waals surface area contributed by atoms with Gasteiger partial charge in [0.25, 0.3) is 0 Å². The van der Waals surface area contributed by atoms with Gasteiger partial charge in [0.05, 0.1) is 6.61 Å². The maximum Gasteiger partial charge on any atom is 0.164 e. The number of ether oxygens (including phenoxy) is 2. The molecule has 1 unspecified atom stereocenters. The number of anilines is 6. The molecule has 1 atom stereocenters. The molecule has 0 radical (unpaired) electrons. The lowest BCUT2D eigenvalue weighted by molar-refractivity contribution is 0.0536. The largest absolute Gasteiger partial charge is 0.512 e. The molecule has 0 aliphatic carbocycles. The first-order chi connectivity index (χ1) is 26.1. The highest BCUT2D eigenvalue weighted by molar-refractivity contribution is 5.83. The number of rotatable bonds is 14. The van der Waals surface area contributed by atoms with Crippen molar-refractivity contribution in [2.75, 3.05) is 29.6 Å². The van der Waals surface area contributed by atoms with E-state index in [-0.39, 0.29) is 25.6 Å². The highest BCUT2D eigenvalue weighted by atomic mass is 16.5. The van der Waals surface area contributed by atoms with Crippen molar-refractivity contribution in [2.45, 2.75) is 33.8 Å². The van der Waals surface area contributed by atoms with Crippen molar-refractivity contribution in [3.8, 4) is 22.6 Å². The molecule has 8 nitrogen and oxygen atoms in total. The van der Waals surface area contributed by atoms with E-state index in [4.69, 9.17) is 19.7 Å². The molecule has 0 spiro atoms. The SMILES string of the molecule is Cc1ccc(N(c2ccc(OC/C(O)=C\O)cc2)c2ccc(-c3ccc(N(c4ccc(C)cc4)c4ccc(OCC(O)CO)cc4)cc3C)c(C)c2)cc1. The van der Waals surface area contributed by atoms with Crippen LogP contribution >= 0.6 is 0 Å². The second-order valence-corrected chi connectivity index (χ2v) is 13.4. The van der Waals surface area contributed by atoms with E-state index < -0.39 is 6.10 Å². The predicted molar refractivity (Wildman–Crippen MR) is 218 cm³/mol. The maximum atomic E-state index is 9.71. The van der Waals surface area contributed by atoms with E-state index in [2.05, 4.69) is 122 Å². The molecule has 4 N–H and O–H groups in total. The number of aliphatic hydroxyl groups excluding tert-OH is 4. The second kappa shape index (κ2) is 17.1. The molecule has 54 heavy (non-hydrogen) atoms. The molecular weight excluding hydrogens is 677 g/mol. The van der Waals surface area contributed by atoms with Crippen molar-refractivity contribution >= 4 is 34.1 Å². The number of hydrogen-bond donors (Lipinski definition) is 4. The Balaban J connectivity index is 1.31. The van der Waals surface area contributed by atoms with Gasteiger partial charge >= 0.3 is 0 Å². The van der Waals surface area contributed by atoms with Crippen LogP contribution in [-0.4, -0.2) is 46.4 Å². The molecule has 6 aromatic carbocycles. The predicted octanol–water partition coefficient (Wildman–Crippen LogP) is 10.6. The van der Waals surface area contributed by atoms with Crippen LogP contribution in [0, 0.1) is 27.7 Å². The molecule has 0 aromatic heterocycles. The Morgan fingerprint density at radius 3 is 1.30 bits per heavy atom. The summed E-state index contributed by atoms with van der Waals surface area (Å²) in [6, 6.07) is 45.3. The molecule has 0 heterocycles. The van der Waals surface area contributed by atoms with Gasteiger partial charge in [-0.05, 0) is 147 Å². The van der Waals surface area contributed by atoms with Crippen molar-refractivity contribution < 1.29 is 29.9 Å². The van der Waals surface area contributed by atoms with Gasteiger partial charge in [0, 0.05) is 34.1 Å². The van der Waals surface area contributed by atoms with Crippen LogP contribution in [0.15, 0.2) is 145 Å². The zero-order chi connectivity index (χ0) is 38.2. The molecule has 0 aliphatic heterocycles. The van der Waals surface area contributed by atoms with Crippen molar-refractivity contribution in [2.24, 2.45) is 0 Å². The van der Waals surface area contributed by atoms with Gasteiger partial charge in [-0.3, -0.25) is 0 Å². The molecule has 0 bridgehead atoms. The van der Waals surface area contributed by atoms with Crippen molar-refractivity contribution in [3.05, 3.63) is 168 Å². The molecule has 8 heteroatoms. The fourth-order valence-electron chi connectivity index (χ4n) is 6.28. The quantitative estimate of drug-likeness (QED) is 0.0824. The Morgan fingerprint density at radius 2 is 0.926 bits per heavy atom. The smallest absolute Gasteiger partial charge is 0.164 e. The average Bonchev–Trinajstić information content (AvgIpc) is 3.19. The minimum absolute atomic E-state index is 0.0166. The van der Waals surface area contributed by atoms with E-state index in [0.717, 1.165) is 56.4 Å². The van der Waals surface area contributed by atoms with Gasteiger partial charge in [0.15, 0.2) is 5.76 Å². The van der Waals surface area contributed by atoms with Crippen LogP contribution in [0.2, 0.25) is 0 Å².